The van der Waals surface area contributed by atoms with E-state index < -0.39 is 0 Å². The van der Waals surface area contributed by atoms with E-state index in [1.54, 1.807) is 0 Å². The number of hydrogen-bond donors (Lipinski definition) is 2. The number of hydrogen-bond acceptors (Lipinski definition) is 3. The van der Waals surface area contributed by atoms with Crippen molar-refractivity contribution >= 4 is 6.29 Å². The third-order valence-corrected chi connectivity index (χ3v) is 1.14. The molecular weight excluding hydrogens is 221 g/mol. The molecule has 0 saturated carbocycles. The molecule has 1 rings (SSSR count). The largest absolute Gasteiger partial charge is 0.508 e. The molecule has 0 spiro atoms. The predicted octanol–water partition coefficient (Wildman–Crippen LogP) is 0.908. The van der Waals surface area contributed by atoms with Crippen LogP contribution in [0.25, 0.3) is 0 Å². The van der Waals surface area contributed by atoms with Gasteiger partial charge in [0, 0.05) is 38.8 Å². The molecule has 4 heteroatoms. The molecule has 1 aromatic carbocycles. The van der Waals surface area contributed by atoms with Crippen LogP contribution in [-0.4, -0.2) is 16.5 Å². The maximum Gasteiger partial charge on any atom is 0.153 e. The average Bonchev–Trinajstić information content (AvgIpc) is 1.88. The number of aromatic hydroxyl groups is 2. The molecule has 55 valence electrons. The van der Waals surface area contributed by atoms with E-state index >= 15 is 0 Å². The fraction of sp³-hybridized carbons (Fsp3) is 0. The second kappa shape index (κ2) is 4.47. The number of phenolic OH excluding ortho intramolecular Hbond substituents is 2. The molecule has 0 aliphatic rings. The fourth-order valence-corrected chi connectivity index (χ4v) is 0.632. The predicted molar refractivity (Wildman–Crippen MR) is 35.2 cm³/mol. The molecule has 1 radical (unpaired) electrons. The summed E-state index contributed by atoms with van der Waals surface area (Å²) in [6, 6.07) is 3.80. The van der Waals surface area contributed by atoms with Crippen LogP contribution in [0.2, 0.25) is 0 Å². The molecule has 0 aliphatic heterocycles. The zero-order valence-electron chi connectivity index (χ0n) is 5.69. The van der Waals surface area contributed by atoms with E-state index in [1.807, 2.05) is 0 Å². The second-order valence-corrected chi connectivity index (χ2v) is 1.86. The third kappa shape index (κ3) is 2.60. The topological polar surface area (TPSA) is 57.5 Å². The molecule has 0 aromatic heterocycles. The van der Waals surface area contributed by atoms with Crippen molar-refractivity contribution in [1.82, 2.24) is 0 Å². The molecule has 2 N–H and O–H groups in total. The first-order valence-corrected chi connectivity index (χ1v) is 2.71. The second-order valence-electron chi connectivity index (χ2n) is 1.86. The summed E-state index contributed by atoms with van der Waals surface area (Å²) in [4.78, 5) is 10.1. The Morgan fingerprint density at radius 1 is 1.27 bits per heavy atom. The molecular formula is C7H6O3Y. The zero-order valence-corrected chi connectivity index (χ0v) is 8.53. The normalized spacial score (nSPS) is 8.36. The zero-order chi connectivity index (χ0) is 7.56. The third-order valence-electron chi connectivity index (χ3n) is 1.14. The summed E-state index contributed by atoms with van der Waals surface area (Å²) in [6.07, 6.45) is 0.523. The average molecular weight is 227 g/mol. The Balaban J connectivity index is 0.000001000. The van der Waals surface area contributed by atoms with Crippen molar-refractivity contribution in [2.45, 2.75) is 0 Å². The molecule has 0 saturated heterocycles. The van der Waals surface area contributed by atoms with Gasteiger partial charge in [0.2, 0.25) is 0 Å². The van der Waals surface area contributed by atoms with E-state index in [-0.39, 0.29) is 49.8 Å². The first kappa shape index (κ1) is 10.6. The Kier molecular flexibility index (Phi) is 4.30. The van der Waals surface area contributed by atoms with Gasteiger partial charge in [0.1, 0.15) is 11.5 Å². The van der Waals surface area contributed by atoms with Crippen LogP contribution in [0.15, 0.2) is 18.2 Å². The van der Waals surface area contributed by atoms with Gasteiger partial charge in [-0.2, -0.15) is 0 Å². The van der Waals surface area contributed by atoms with Gasteiger partial charge in [-0.05, 0) is 12.1 Å². The summed E-state index contributed by atoms with van der Waals surface area (Å²) >= 11 is 0. The van der Waals surface area contributed by atoms with Crippen LogP contribution in [0.5, 0.6) is 11.5 Å². The monoisotopic (exact) mass is 227 g/mol. The molecule has 0 unspecified atom stereocenters. The van der Waals surface area contributed by atoms with Crippen LogP contribution in [0, 0.1) is 0 Å². The molecule has 0 atom stereocenters. The Morgan fingerprint density at radius 2 is 1.91 bits per heavy atom. The summed E-state index contributed by atoms with van der Waals surface area (Å²) in [5.41, 5.74) is 0.179. The standard InChI is InChI=1S/C7H6O3.Y/c8-4-5-1-2-6(9)3-7(5)10;/h1-4,9-10H;. The van der Waals surface area contributed by atoms with Crippen molar-refractivity contribution in [3.05, 3.63) is 23.8 Å². The Hall–Kier alpha value is -0.406. The van der Waals surface area contributed by atoms with Crippen molar-refractivity contribution in [2.75, 3.05) is 0 Å². The number of aldehydes is 1. The molecule has 0 heterocycles. The molecule has 0 aliphatic carbocycles. The summed E-state index contributed by atoms with van der Waals surface area (Å²) in [6.45, 7) is 0. The molecule has 0 amide bonds. The Bertz CT molecular complexity index is 260. The molecule has 11 heavy (non-hydrogen) atoms. The minimum Gasteiger partial charge on any atom is -0.508 e. The minimum absolute atomic E-state index is 0. The molecule has 0 bridgehead atoms. The number of carbonyl (C=O) groups excluding carboxylic acids is 1. The van der Waals surface area contributed by atoms with Crippen molar-refractivity contribution in [1.29, 1.82) is 0 Å². The summed E-state index contributed by atoms with van der Waals surface area (Å²) in [5.74, 6) is -0.252. The Morgan fingerprint density at radius 3 is 2.36 bits per heavy atom. The van der Waals surface area contributed by atoms with Gasteiger partial charge in [0.05, 0.1) is 5.56 Å². The summed E-state index contributed by atoms with van der Waals surface area (Å²) < 4.78 is 0. The van der Waals surface area contributed by atoms with Crippen molar-refractivity contribution in [3.63, 3.8) is 0 Å². The smallest absolute Gasteiger partial charge is 0.153 e. The van der Waals surface area contributed by atoms with E-state index in [0.717, 1.165) is 6.07 Å². The van der Waals surface area contributed by atoms with Gasteiger partial charge in [0.25, 0.3) is 0 Å². The van der Waals surface area contributed by atoms with Crippen molar-refractivity contribution < 1.29 is 47.7 Å². The van der Waals surface area contributed by atoms with Crippen LogP contribution < -0.4 is 0 Å². The van der Waals surface area contributed by atoms with E-state index in [1.165, 1.54) is 12.1 Å². The number of benzene rings is 1. The van der Waals surface area contributed by atoms with Gasteiger partial charge in [-0.3, -0.25) is 4.79 Å². The minimum atomic E-state index is -0.199. The van der Waals surface area contributed by atoms with Crippen LogP contribution >= 0.6 is 0 Å². The number of carbonyl (C=O) groups is 1. The maximum absolute atomic E-state index is 10.1. The van der Waals surface area contributed by atoms with Crippen LogP contribution in [0.3, 0.4) is 0 Å². The maximum atomic E-state index is 10.1. The van der Waals surface area contributed by atoms with E-state index in [4.69, 9.17) is 10.2 Å². The van der Waals surface area contributed by atoms with Crippen LogP contribution in [0.1, 0.15) is 10.4 Å². The van der Waals surface area contributed by atoms with Gasteiger partial charge in [-0.15, -0.1) is 0 Å². The first-order valence-electron chi connectivity index (χ1n) is 2.71. The van der Waals surface area contributed by atoms with Crippen LogP contribution in [0.4, 0.5) is 0 Å². The van der Waals surface area contributed by atoms with E-state index in [2.05, 4.69) is 0 Å². The first-order chi connectivity index (χ1) is 4.74. The molecule has 3 nitrogen and oxygen atoms in total. The number of rotatable bonds is 1. The SMILES string of the molecule is O=Cc1ccc(O)cc1O.[Y]. The summed E-state index contributed by atoms with van der Waals surface area (Å²) in [5, 5.41) is 17.7. The molecule has 0 fully saturated rings. The number of phenols is 2. The molecule has 1 aromatic rings. The van der Waals surface area contributed by atoms with E-state index in [0.29, 0.717) is 6.29 Å². The Labute approximate surface area is 88.9 Å². The fourth-order valence-electron chi connectivity index (χ4n) is 0.632. The van der Waals surface area contributed by atoms with E-state index in [9.17, 15) is 4.79 Å². The van der Waals surface area contributed by atoms with Crippen molar-refractivity contribution in [2.24, 2.45) is 0 Å². The van der Waals surface area contributed by atoms with Gasteiger partial charge in [-0.1, -0.05) is 0 Å². The van der Waals surface area contributed by atoms with Gasteiger partial charge in [0.15, 0.2) is 6.29 Å². The summed E-state index contributed by atoms with van der Waals surface area (Å²) in [7, 11) is 0. The van der Waals surface area contributed by atoms with Gasteiger partial charge in [-0.25, -0.2) is 0 Å². The van der Waals surface area contributed by atoms with Gasteiger partial charge >= 0.3 is 0 Å². The quantitative estimate of drug-likeness (QED) is 0.701. The van der Waals surface area contributed by atoms with Crippen LogP contribution in [-0.2, 0) is 32.7 Å². The van der Waals surface area contributed by atoms with Gasteiger partial charge < -0.3 is 10.2 Å². The van der Waals surface area contributed by atoms with Crippen molar-refractivity contribution in [3.8, 4) is 11.5 Å².